The number of aliphatic hydroxyl groups is 1. The molecule has 3 N–H and O–H groups in total. The lowest BCUT2D eigenvalue weighted by Gasteiger charge is -2.25. The largest absolute Gasteiger partial charge is 0.459 e. The highest BCUT2D eigenvalue weighted by Crippen LogP contribution is 2.25. The Morgan fingerprint density at radius 2 is 2.10 bits per heavy atom. The molecule has 0 amide bonds. The second-order valence-electron chi connectivity index (χ2n) is 6.15. The fourth-order valence-electron chi connectivity index (χ4n) is 1.83. The number of thiophene rings is 1. The molecule has 1 aromatic heterocycles. The van der Waals surface area contributed by atoms with Crippen molar-refractivity contribution in [2.75, 3.05) is 0 Å². The van der Waals surface area contributed by atoms with E-state index in [0.29, 0.717) is 12.8 Å². The second-order valence-corrected chi connectivity index (χ2v) is 7.12. The molecule has 0 fully saturated rings. The average Bonchev–Trinajstić information content (AvgIpc) is 2.86. The predicted molar refractivity (Wildman–Crippen MR) is 81.5 cm³/mol. The maximum absolute atomic E-state index is 11.9. The van der Waals surface area contributed by atoms with Crippen molar-refractivity contribution in [3.8, 4) is 0 Å². The number of hydrogen-bond donors (Lipinski definition) is 2. The van der Waals surface area contributed by atoms with Gasteiger partial charge in [-0.1, -0.05) is 13.0 Å². The maximum Gasteiger partial charge on any atom is 0.323 e. The number of hydrogen-bond acceptors (Lipinski definition) is 5. The standard InChI is InChI=1S/C15H25NO3S/c1-10(13(16)14(18)19-15(2,3)4)7-8-11(17)12-6-5-9-20-12/h5-6,9-11,13,17H,7-8,16H2,1-4H3. The van der Waals surface area contributed by atoms with Gasteiger partial charge in [0, 0.05) is 4.88 Å². The Bertz CT molecular complexity index is 411. The molecule has 114 valence electrons. The van der Waals surface area contributed by atoms with E-state index in [4.69, 9.17) is 10.5 Å². The van der Waals surface area contributed by atoms with Crippen LogP contribution in [0.3, 0.4) is 0 Å². The third-order valence-electron chi connectivity index (χ3n) is 3.06. The predicted octanol–water partition coefficient (Wildman–Crippen LogP) is 2.87. The van der Waals surface area contributed by atoms with Crippen LogP contribution in [0.15, 0.2) is 17.5 Å². The van der Waals surface area contributed by atoms with Crippen molar-refractivity contribution in [2.45, 2.75) is 58.3 Å². The number of esters is 1. The molecule has 0 saturated heterocycles. The number of rotatable bonds is 6. The number of nitrogens with two attached hydrogens (primary N) is 1. The van der Waals surface area contributed by atoms with Crippen LogP contribution in [0.4, 0.5) is 0 Å². The summed E-state index contributed by atoms with van der Waals surface area (Å²) in [7, 11) is 0. The topological polar surface area (TPSA) is 72.5 Å². The van der Waals surface area contributed by atoms with Gasteiger partial charge in [-0.05, 0) is 51.0 Å². The van der Waals surface area contributed by atoms with E-state index in [9.17, 15) is 9.90 Å². The molecule has 1 heterocycles. The van der Waals surface area contributed by atoms with Crippen molar-refractivity contribution < 1.29 is 14.6 Å². The smallest absolute Gasteiger partial charge is 0.323 e. The molecule has 0 aliphatic heterocycles. The Morgan fingerprint density at radius 3 is 2.60 bits per heavy atom. The minimum Gasteiger partial charge on any atom is -0.459 e. The van der Waals surface area contributed by atoms with E-state index in [2.05, 4.69) is 0 Å². The van der Waals surface area contributed by atoms with E-state index >= 15 is 0 Å². The molecule has 3 unspecified atom stereocenters. The van der Waals surface area contributed by atoms with Crippen LogP contribution < -0.4 is 5.73 Å². The number of carbonyl (C=O) groups is 1. The number of aliphatic hydroxyl groups excluding tert-OH is 1. The van der Waals surface area contributed by atoms with E-state index < -0.39 is 17.7 Å². The SMILES string of the molecule is CC(CCC(O)c1cccs1)C(N)C(=O)OC(C)(C)C. The number of ether oxygens (including phenoxy) is 1. The molecule has 20 heavy (non-hydrogen) atoms. The summed E-state index contributed by atoms with van der Waals surface area (Å²) in [6, 6.07) is 3.18. The molecule has 3 atom stereocenters. The molecule has 0 spiro atoms. The van der Waals surface area contributed by atoms with E-state index in [1.165, 1.54) is 11.3 Å². The summed E-state index contributed by atoms with van der Waals surface area (Å²) in [6.45, 7) is 7.38. The Balaban J connectivity index is 2.42. The van der Waals surface area contributed by atoms with Gasteiger partial charge in [0.25, 0.3) is 0 Å². The zero-order chi connectivity index (χ0) is 15.3. The van der Waals surface area contributed by atoms with Crippen molar-refractivity contribution in [1.29, 1.82) is 0 Å². The van der Waals surface area contributed by atoms with Crippen molar-refractivity contribution in [3.63, 3.8) is 0 Å². The highest BCUT2D eigenvalue weighted by atomic mass is 32.1. The minimum absolute atomic E-state index is 0.0283. The molecular weight excluding hydrogens is 274 g/mol. The van der Waals surface area contributed by atoms with E-state index in [1.54, 1.807) is 0 Å². The van der Waals surface area contributed by atoms with Crippen molar-refractivity contribution in [3.05, 3.63) is 22.4 Å². The highest BCUT2D eigenvalue weighted by molar-refractivity contribution is 7.10. The lowest BCUT2D eigenvalue weighted by atomic mass is 9.95. The molecule has 0 radical (unpaired) electrons. The number of carbonyl (C=O) groups excluding carboxylic acids is 1. The summed E-state index contributed by atoms with van der Waals surface area (Å²) in [5, 5.41) is 12.0. The third kappa shape index (κ3) is 5.61. The molecule has 1 rings (SSSR count). The van der Waals surface area contributed by atoms with Gasteiger partial charge in [0.2, 0.25) is 0 Å². The fourth-order valence-corrected chi connectivity index (χ4v) is 2.57. The van der Waals surface area contributed by atoms with Crippen LogP contribution >= 0.6 is 11.3 Å². The lowest BCUT2D eigenvalue weighted by molar-refractivity contribution is -0.157. The Kier molecular flexibility index (Phi) is 6.17. The summed E-state index contributed by atoms with van der Waals surface area (Å²) in [6.07, 6.45) is 0.792. The van der Waals surface area contributed by atoms with Crippen LogP contribution in [0, 0.1) is 5.92 Å². The van der Waals surface area contributed by atoms with Gasteiger partial charge in [-0.3, -0.25) is 4.79 Å². The van der Waals surface area contributed by atoms with Crippen LogP contribution in [0.25, 0.3) is 0 Å². The fraction of sp³-hybridized carbons (Fsp3) is 0.667. The quantitative estimate of drug-likeness (QED) is 0.792. The van der Waals surface area contributed by atoms with Gasteiger partial charge in [-0.2, -0.15) is 0 Å². The zero-order valence-corrected chi connectivity index (χ0v) is 13.4. The van der Waals surface area contributed by atoms with Gasteiger partial charge >= 0.3 is 5.97 Å². The maximum atomic E-state index is 11.9. The Labute approximate surface area is 124 Å². The normalized spacial score (nSPS) is 16.5. The van der Waals surface area contributed by atoms with Gasteiger partial charge in [-0.25, -0.2) is 0 Å². The zero-order valence-electron chi connectivity index (χ0n) is 12.6. The van der Waals surface area contributed by atoms with Crippen LogP contribution in [-0.4, -0.2) is 22.7 Å². The molecule has 4 nitrogen and oxygen atoms in total. The minimum atomic E-state index is -0.648. The van der Waals surface area contributed by atoms with E-state index in [1.807, 2.05) is 45.2 Å². The van der Waals surface area contributed by atoms with Crippen molar-refractivity contribution in [1.82, 2.24) is 0 Å². The van der Waals surface area contributed by atoms with Gasteiger partial charge in [0.05, 0.1) is 6.10 Å². The summed E-state index contributed by atoms with van der Waals surface area (Å²) < 4.78 is 5.28. The highest BCUT2D eigenvalue weighted by Gasteiger charge is 2.26. The van der Waals surface area contributed by atoms with Crippen LogP contribution in [0.1, 0.15) is 51.5 Å². The van der Waals surface area contributed by atoms with Gasteiger partial charge in [0.15, 0.2) is 0 Å². The first-order chi connectivity index (χ1) is 9.20. The summed E-state index contributed by atoms with van der Waals surface area (Å²) in [4.78, 5) is 12.8. The monoisotopic (exact) mass is 299 g/mol. The molecule has 0 bridgehead atoms. The summed E-state index contributed by atoms with van der Waals surface area (Å²) in [5.41, 5.74) is 5.40. The van der Waals surface area contributed by atoms with Gasteiger partial charge < -0.3 is 15.6 Å². The lowest BCUT2D eigenvalue weighted by Crippen LogP contribution is -2.41. The molecule has 0 aromatic carbocycles. The molecule has 0 saturated carbocycles. The summed E-state index contributed by atoms with van der Waals surface area (Å²) in [5.74, 6) is -0.407. The average molecular weight is 299 g/mol. The van der Waals surface area contributed by atoms with E-state index in [-0.39, 0.29) is 11.9 Å². The Hall–Kier alpha value is -0.910. The molecule has 1 aromatic rings. The van der Waals surface area contributed by atoms with E-state index in [0.717, 1.165) is 4.88 Å². The first-order valence-electron chi connectivity index (χ1n) is 6.90. The van der Waals surface area contributed by atoms with Crippen LogP contribution in [0.5, 0.6) is 0 Å². The first kappa shape index (κ1) is 17.1. The summed E-state index contributed by atoms with van der Waals surface area (Å²) >= 11 is 1.53. The van der Waals surface area contributed by atoms with Crippen LogP contribution in [0.2, 0.25) is 0 Å². The molecule has 0 aliphatic rings. The molecule has 0 aliphatic carbocycles. The van der Waals surface area contributed by atoms with Gasteiger partial charge in [0.1, 0.15) is 11.6 Å². The Morgan fingerprint density at radius 1 is 1.45 bits per heavy atom. The van der Waals surface area contributed by atoms with Crippen LogP contribution in [-0.2, 0) is 9.53 Å². The van der Waals surface area contributed by atoms with Crippen molar-refractivity contribution >= 4 is 17.3 Å². The third-order valence-corrected chi connectivity index (χ3v) is 4.03. The molecular formula is C15H25NO3S. The molecule has 5 heteroatoms. The second kappa shape index (κ2) is 7.20. The van der Waals surface area contributed by atoms with Crippen molar-refractivity contribution in [2.24, 2.45) is 11.7 Å². The van der Waals surface area contributed by atoms with Gasteiger partial charge in [-0.15, -0.1) is 11.3 Å². The first-order valence-corrected chi connectivity index (χ1v) is 7.78.